The van der Waals surface area contributed by atoms with E-state index in [1.165, 1.54) is 0 Å². The van der Waals surface area contributed by atoms with Crippen LogP contribution in [0.2, 0.25) is 0 Å². The summed E-state index contributed by atoms with van der Waals surface area (Å²) in [6.07, 6.45) is 3.70. The van der Waals surface area contributed by atoms with E-state index in [4.69, 9.17) is 4.52 Å². The number of nitrogens with zero attached hydrogens (tertiary/aromatic N) is 2. The molecule has 1 aromatic heterocycles. The number of hydrogen-bond acceptors (Lipinski definition) is 5. The summed E-state index contributed by atoms with van der Waals surface area (Å²) in [6.45, 7) is 3.97. The summed E-state index contributed by atoms with van der Waals surface area (Å²) in [4.78, 5) is 0. The van der Waals surface area contributed by atoms with Crippen molar-refractivity contribution in [2.24, 2.45) is 0 Å². The highest BCUT2D eigenvalue weighted by Gasteiger charge is 2.32. The maximum Gasteiger partial charge on any atom is 0.220 e. The fourth-order valence-electron chi connectivity index (χ4n) is 2.90. The summed E-state index contributed by atoms with van der Waals surface area (Å²) in [5, 5.41) is 13.4. The van der Waals surface area contributed by atoms with E-state index in [1.54, 1.807) is 24.2 Å². The van der Waals surface area contributed by atoms with Crippen molar-refractivity contribution in [2.75, 3.05) is 6.54 Å². The van der Waals surface area contributed by atoms with Gasteiger partial charge in [0.1, 0.15) is 17.2 Å². The van der Waals surface area contributed by atoms with E-state index in [2.05, 4.69) is 5.16 Å². The van der Waals surface area contributed by atoms with Crippen LogP contribution >= 0.6 is 0 Å². The molecule has 0 aromatic carbocycles. The second kappa shape index (κ2) is 6.89. The zero-order valence-corrected chi connectivity index (χ0v) is 13.5. The average molecular weight is 316 g/mol. The summed E-state index contributed by atoms with van der Waals surface area (Å²) in [6, 6.07) is 1.53. The Labute approximate surface area is 126 Å². The van der Waals surface area contributed by atoms with Gasteiger partial charge in [0, 0.05) is 18.7 Å². The van der Waals surface area contributed by atoms with Crippen molar-refractivity contribution in [3.63, 3.8) is 0 Å². The number of aliphatic hydroxyl groups is 1. The van der Waals surface area contributed by atoms with Crippen molar-refractivity contribution in [2.45, 2.75) is 63.9 Å². The van der Waals surface area contributed by atoms with Crippen LogP contribution in [0, 0.1) is 6.92 Å². The number of rotatable bonds is 5. The Balaban J connectivity index is 2.17. The molecule has 1 aliphatic heterocycles. The Morgan fingerprint density at radius 3 is 2.86 bits per heavy atom. The van der Waals surface area contributed by atoms with Crippen LogP contribution in [0.25, 0.3) is 0 Å². The van der Waals surface area contributed by atoms with Crippen molar-refractivity contribution in [3.8, 4) is 0 Å². The van der Waals surface area contributed by atoms with Gasteiger partial charge in [0.25, 0.3) is 0 Å². The second-order valence-corrected chi connectivity index (χ2v) is 7.81. The first-order valence-electron chi connectivity index (χ1n) is 7.48. The Kier molecular flexibility index (Phi) is 5.40. The lowest BCUT2D eigenvalue weighted by molar-refractivity contribution is 0.147. The molecule has 21 heavy (non-hydrogen) atoms. The Morgan fingerprint density at radius 2 is 2.24 bits per heavy atom. The first-order valence-corrected chi connectivity index (χ1v) is 9.09. The highest BCUT2D eigenvalue weighted by Crippen LogP contribution is 2.25. The SMILES string of the molecule is Cc1cc(CS(=O)(=O)N2CCCCCC2CC(C)O)no1. The first kappa shape index (κ1) is 16.5. The van der Waals surface area contributed by atoms with Gasteiger partial charge in [0.15, 0.2) is 0 Å². The van der Waals surface area contributed by atoms with Gasteiger partial charge in [-0.25, -0.2) is 8.42 Å². The van der Waals surface area contributed by atoms with E-state index in [1.807, 2.05) is 0 Å². The molecular weight excluding hydrogens is 292 g/mol. The van der Waals surface area contributed by atoms with Crippen LogP contribution in [0.4, 0.5) is 0 Å². The first-order chi connectivity index (χ1) is 9.88. The molecule has 1 aliphatic rings. The van der Waals surface area contributed by atoms with Gasteiger partial charge in [-0.2, -0.15) is 4.31 Å². The van der Waals surface area contributed by atoms with E-state index in [0.717, 1.165) is 25.7 Å². The quantitative estimate of drug-likeness (QED) is 0.896. The molecule has 1 fully saturated rings. The monoisotopic (exact) mass is 316 g/mol. The van der Waals surface area contributed by atoms with Crippen molar-refractivity contribution in [1.82, 2.24) is 9.46 Å². The summed E-state index contributed by atoms with van der Waals surface area (Å²) >= 11 is 0. The third-order valence-electron chi connectivity index (χ3n) is 3.80. The molecular formula is C14H24N2O4S. The third kappa shape index (κ3) is 4.52. The Hall–Kier alpha value is -0.920. The van der Waals surface area contributed by atoms with Gasteiger partial charge in [-0.15, -0.1) is 0 Å². The molecule has 0 saturated carbocycles. The molecule has 0 bridgehead atoms. The van der Waals surface area contributed by atoms with E-state index >= 15 is 0 Å². The van der Waals surface area contributed by atoms with Gasteiger partial charge in [-0.1, -0.05) is 18.0 Å². The van der Waals surface area contributed by atoms with Gasteiger partial charge in [0.2, 0.25) is 10.0 Å². The molecule has 1 saturated heterocycles. The van der Waals surface area contributed by atoms with E-state index in [9.17, 15) is 13.5 Å². The molecule has 0 radical (unpaired) electrons. The number of sulfonamides is 1. The normalized spacial score (nSPS) is 22.9. The van der Waals surface area contributed by atoms with Crippen molar-refractivity contribution in [3.05, 3.63) is 17.5 Å². The summed E-state index contributed by atoms with van der Waals surface area (Å²) in [5.41, 5.74) is 0.438. The average Bonchev–Trinajstić information content (AvgIpc) is 2.62. The predicted octanol–water partition coefficient (Wildman–Crippen LogP) is 1.83. The molecule has 6 nitrogen and oxygen atoms in total. The Bertz CT molecular complexity index is 553. The zero-order valence-electron chi connectivity index (χ0n) is 12.7. The van der Waals surface area contributed by atoms with Crippen LogP contribution in [0.15, 0.2) is 10.6 Å². The molecule has 1 N–H and O–H groups in total. The lowest BCUT2D eigenvalue weighted by atomic mass is 10.1. The maximum absolute atomic E-state index is 12.7. The molecule has 2 rings (SSSR count). The van der Waals surface area contributed by atoms with Gasteiger partial charge in [-0.05, 0) is 33.1 Å². The van der Waals surface area contributed by atoms with Gasteiger partial charge < -0.3 is 9.63 Å². The van der Waals surface area contributed by atoms with Gasteiger partial charge in [0.05, 0.1) is 6.10 Å². The maximum atomic E-state index is 12.7. The standard InChI is InChI=1S/C14H24N2O4S/c1-11(17)8-14-6-4-3-5-7-16(14)21(18,19)10-13-9-12(2)20-15-13/h9,11,14,17H,3-8,10H2,1-2H3. The number of aryl methyl sites for hydroxylation is 1. The smallest absolute Gasteiger partial charge is 0.220 e. The number of aliphatic hydroxyl groups excluding tert-OH is 1. The largest absolute Gasteiger partial charge is 0.393 e. The highest BCUT2D eigenvalue weighted by atomic mass is 32.2. The van der Waals surface area contributed by atoms with Crippen LogP contribution in [0.5, 0.6) is 0 Å². The highest BCUT2D eigenvalue weighted by molar-refractivity contribution is 7.88. The van der Waals surface area contributed by atoms with Crippen LogP contribution in [0.1, 0.15) is 50.5 Å². The minimum absolute atomic E-state index is 0.120. The molecule has 120 valence electrons. The zero-order chi connectivity index (χ0) is 15.5. The second-order valence-electron chi connectivity index (χ2n) is 5.88. The number of aromatic nitrogens is 1. The van der Waals surface area contributed by atoms with Crippen molar-refractivity contribution in [1.29, 1.82) is 0 Å². The van der Waals surface area contributed by atoms with E-state index in [-0.39, 0.29) is 11.8 Å². The van der Waals surface area contributed by atoms with Gasteiger partial charge in [-0.3, -0.25) is 0 Å². The summed E-state index contributed by atoms with van der Waals surface area (Å²) < 4.78 is 31.9. The number of hydrogen-bond donors (Lipinski definition) is 1. The molecule has 2 atom stereocenters. The molecule has 1 aromatic rings. The van der Waals surface area contributed by atoms with Crippen LogP contribution in [0.3, 0.4) is 0 Å². The predicted molar refractivity (Wildman–Crippen MR) is 79.1 cm³/mol. The minimum atomic E-state index is -3.44. The fourth-order valence-corrected chi connectivity index (χ4v) is 4.63. The van der Waals surface area contributed by atoms with E-state index in [0.29, 0.717) is 24.4 Å². The minimum Gasteiger partial charge on any atom is -0.393 e. The Morgan fingerprint density at radius 1 is 1.48 bits per heavy atom. The van der Waals surface area contributed by atoms with Crippen LogP contribution < -0.4 is 0 Å². The van der Waals surface area contributed by atoms with Crippen LogP contribution in [-0.4, -0.2) is 41.7 Å². The molecule has 0 aliphatic carbocycles. The summed E-state index contributed by atoms with van der Waals surface area (Å²) in [5.74, 6) is 0.470. The molecule has 0 amide bonds. The van der Waals surface area contributed by atoms with E-state index < -0.39 is 16.1 Å². The fraction of sp³-hybridized carbons (Fsp3) is 0.786. The lowest BCUT2D eigenvalue weighted by Crippen LogP contribution is -2.42. The molecule has 7 heteroatoms. The molecule has 0 spiro atoms. The summed E-state index contributed by atoms with van der Waals surface area (Å²) in [7, 11) is -3.44. The van der Waals surface area contributed by atoms with Gasteiger partial charge >= 0.3 is 0 Å². The van der Waals surface area contributed by atoms with Crippen molar-refractivity contribution >= 4 is 10.0 Å². The third-order valence-corrected chi connectivity index (χ3v) is 5.66. The molecule has 2 heterocycles. The lowest BCUT2D eigenvalue weighted by Gasteiger charge is -2.29. The van der Waals surface area contributed by atoms with Crippen molar-refractivity contribution < 1.29 is 18.0 Å². The molecule has 2 unspecified atom stereocenters. The topological polar surface area (TPSA) is 83.6 Å². The van der Waals surface area contributed by atoms with Crippen LogP contribution in [-0.2, 0) is 15.8 Å².